The third-order valence-corrected chi connectivity index (χ3v) is 7.97. The minimum Gasteiger partial charge on any atom is -0.369 e. The van der Waals surface area contributed by atoms with Crippen LogP contribution in [-0.4, -0.2) is 47.9 Å². The molecule has 1 saturated heterocycles. The summed E-state index contributed by atoms with van der Waals surface area (Å²) in [7, 11) is 0. The highest BCUT2D eigenvalue weighted by atomic mass is 16.1. The fourth-order valence-corrected chi connectivity index (χ4v) is 5.78. The zero-order chi connectivity index (χ0) is 22.0. The number of fused-ring (bicyclic) bond motifs is 4. The van der Waals surface area contributed by atoms with Crippen LogP contribution in [0.25, 0.3) is 10.9 Å². The van der Waals surface area contributed by atoms with Crippen LogP contribution in [-0.2, 0) is 5.41 Å². The van der Waals surface area contributed by atoms with Crippen LogP contribution < -0.4 is 4.90 Å². The molecular formula is C27H28N4O. The SMILES string of the molecule is CC1(C)c2cc(N3CCN(C4CCC4)CC3)ccc2C(=O)c2c1[nH]c1cc(C#N)ccc21. The normalized spacial score (nSPS) is 20.5. The van der Waals surface area contributed by atoms with Crippen molar-refractivity contribution >= 4 is 22.4 Å². The van der Waals surface area contributed by atoms with E-state index in [1.165, 1.54) is 24.9 Å². The van der Waals surface area contributed by atoms with E-state index in [1.807, 2.05) is 18.2 Å². The quantitative estimate of drug-likeness (QED) is 0.654. The van der Waals surface area contributed by atoms with E-state index in [1.54, 1.807) is 6.07 Å². The van der Waals surface area contributed by atoms with Crippen LogP contribution >= 0.6 is 0 Å². The molecule has 0 bridgehead atoms. The van der Waals surface area contributed by atoms with Gasteiger partial charge in [-0.3, -0.25) is 9.69 Å². The summed E-state index contributed by atoms with van der Waals surface area (Å²) in [5, 5.41) is 10.2. The fourth-order valence-electron chi connectivity index (χ4n) is 5.78. The van der Waals surface area contributed by atoms with Gasteiger partial charge in [0, 0.05) is 65.5 Å². The maximum Gasteiger partial charge on any atom is 0.195 e. The smallest absolute Gasteiger partial charge is 0.195 e. The number of piperazine rings is 1. The standard InChI is InChI=1S/C27H28N4O/c1-27(2)22-15-19(31-12-10-30(11-13-31)18-4-3-5-18)7-9-20(22)25(32)24-21-8-6-17(16-28)14-23(21)29-26(24)27/h6-9,14-15,18,29H,3-5,10-13H2,1-2H3. The number of carbonyl (C=O) groups excluding carboxylic acids is 1. The molecule has 2 aromatic carbocycles. The number of carbonyl (C=O) groups is 1. The summed E-state index contributed by atoms with van der Waals surface area (Å²) < 4.78 is 0. The Hall–Kier alpha value is -3.10. The lowest BCUT2D eigenvalue weighted by Gasteiger charge is -2.44. The number of nitrogens with one attached hydrogen (secondary N) is 1. The van der Waals surface area contributed by atoms with Gasteiger partial charge in [-0.25, -0.2) is 0 Å². The number of hydrogen-bond donors (Lipinski definition) is 1. The van der Waals surface area contributed by atoms with Crippen molar-refractivity contribution in [2.45, 2.75) is 44.6 Å². The van der Waals surface area contributed by atoms with Crippen molar-refractivity contribution in [3.63, 3.8) is 0 Å². The van der Waals surface area contributed by atoms with E-state index in [9.17, 15) is 10.1 Å². The Morgan fingerprint density at radius 3 is 2.53 bits per heavy atom. The molecule has 2 aliphatic carbocycles. The molecule has 2 fully saturated rings. The molecule has 1 aromatic heterocycles. The molecule has 32 heavy (non-hydrogen) atoms. The number of anilines is 1. The molecular weight excluding hydrogens is 396 g/mol. The molecule has 5 nitrogen and oxygen atoms in total. The summed E-state index contributed by atoms with van der Waals surface area (Å²) in [6.45, 7) is 8.71. The van der Waals surface area contributed by atoms with Crippen molar-refractivity contribution in [3.8, 4) is 6.07 Å². The second-order valence-corrected chi connectivity index (χ2v) is 10.0. The number of nitrogens with zero attached hydrogens (tertiary/aromatic N) is 3. The molecule has 0 radical (unpaired) electrons. The predicted molar refractivity (Wildman–Crippen MR) is 126 cm³/mol. The molecule has 0 unspecified atom stereocenters. The highest BCUT2D eigenvalue weighted by molar-refractivity contribution is 6.20. The van der Waals surface area contributed by atoms with E-state index in [-0.39, 0.29) is 11.2 Å². The summed E-state index contributed by atoms with van der Waals surface area (Å²) in [5.74, 6) is 0.0756. The maximum absolute atomic E-state index is 13.6. The Morgan fingerprint density at radius 1 is 1.06 bits per heavy atom. The molecule has 1 N–H and O–H groups in total. The first-order chi connectivity index (χ1) is 15.5. The van der Waals surface area contributed by atoms with Gasteiger partial charge in [0.05, 0.1) is 17.2 Å². The summed E-state index contributed by atoms with van der Waals surface area (Å²) >= 11 is 0. The lowest BCUT2D eigenvalue weighted by atomic mass is 9.71. The number of nitriles is 1. The Morgan fingerprint density at radius 2 is 1.84 bits per heavy atom. The third-order valence-electron chi connectivity index (χ3n) is 7.97. The van der Waals surface area contributed by atoms with Gasteiger partial charge in [-0.05, 0) is 48.7 Å². The van der Waals surface area contributed by atoms with Gasteiger partial charge in [0.1, 0.15) is 0 Å². The Labute approximate surface area is 188 Å². The van der Waals surface area contributed by atoms with Crippen LogP contribution in [0.15, 0.2) is 36.4 Å². The fraction of sp³-hybridized carbons (Fsp3) is 0.407. The average Bonchev–Trinajstić information content (AvgIpc) is 3.17. The first-order valence-corrected chi connectivity index (χ1v) is 11.7. The zero-order valence-corrected chi connectivity index (χ0v) is 18.7. The largest absolute Gasteiger partial charge is 0.369 e. The van der Waals surface area contributed by atoms with Crippen LogP contribution in [0.2, 0.25) is 0 Å². The molecule has 0 spiro atoms. The second kappa shape index (κ2) is 6.95. The molecule has 6 rings (SSSR count). The van der Waals surface area contributed by atoms with Gasteiger partial charge in [0.2, 0.25) is 0 Å². The van der Waals surface area contributed by atoms with E-state index >= 15 is 0 Å². The Balaban J connectivity index is 1.37. The van der Waals surface area contributed by atoms with Crippen LogP contribution in [0.1, 0.15) is 65.9 Å². The van der Waals surface area contributed by atoms with Crippen LogP contribution in [0.3, 0.4) is 0 Å². The van der Waals surface area contributed by atoms with E-state index in [0.717, 1.165) is 65.5 Å². The van der Waals surface area contributed by atoms with Gasteiger partial charge in [0.25, 0.3) is 0 Å². The first kappa shape index (κ1) is 19.6. The van der Waals surface area contributed by atoms with Gasteiger partial charge in [0.15, 0.2) is 5.78 Å². The molecule has 3 aliphatic rings. The third kappa shape index (κ3) is 2.76. The van der Waals surface area contributed by atoms with E-state index in [0.29, 0.717) is 5.56 Å². The number of hydrogen-bond acceptors (Lipinski definition) is 4. The van der Waals surface area contributed by atoms with Crippen molar-refractivity contribution in [2.75, 3.05) is 31.1 Å². The Kier molecular flexibility index (Phi) is 4.25. The van der Waals surface area contributed by atoms with Gasteiger partial charge < -0.3 is 9.88 Å². The molecule has 0 amide bonds. The molecule has 1 aliphatic heterocycles. The Bertz CT molecular complexity index is 1280. The molecule has 162 valence electrons. The highest BCUT2D eigenvalue weighted by Crippen LogP contribution is 2.45. The van der Waals surface area contributed by atoms with E-state index in [4.69, 9.17) is 0 Å². The molecule has 2 heterocycles. The molecule has 5 heteroatoms. The number of aromatic nitrogens is 1. The molecule has 0 atom stereocenters. The lowest BCUT2D eigenvalue weighted by Crippen LogP contribution is -2.52. The summed E-state index contributed by atoms with van der Waals surface area (Å²) in [5.41, 5.74) is 5.93. The van der Waals surface area contributed by atoms with E-state index < -0.39 is 0 Å². The van der Waals surface area contributed by atoms with Crippen LogP contribution in [0.4, 0.5) is 5.69 Å². The highest BCUT2D eigenvalue weighted by Gasteiger charge is 2.40. The minimum absolute atomic E-state index is 0.0756. The van der Waals surface area contributed by atoms with E-state index in [2.05, 4.69) is 46.8 Å². The van der Waals surface area contributed by atoms with Gasteiger partial charge in [-0.2, -0.15) is 5.26 Å². The number of aromatic amines is 1. The lowest BCUT2D eigenvalue weighted by molar-refractivity contribution is 0.103. The second-order valence-electron chi connectivity index (χ2n) is 10.0. The van der Waals surface area contributed by atoms with Crippen LogP contribution in [0.5, 0.6) is 0 Å². The predicted octanol–water partition coefficient (Wildman–Crippen LogP) is 4.58. The topological polar surface area (TPSA) is 63.1 Å². The average molecular weight is 425 g/mol. The van der Waals surface area contributed by atoms with Crippen molar-refractivity contribution in [1.29, 1.82) is 5.26 Å². The van der Waals surface area contributed by atoms with Crippen molar-refractivity contribution in [3.05, 3.63) is 64.3 Å². The van der Waals surface area contributed by atoms with Crippen LogP contribution in [0, 0.1) is 11.3 Å². The maximum atomic E-state index is 13.6. The summed E-state index contributed by atoms with van der Waals surface area (Å²) in [6.07, 6.45) is 4.10. The van der Waals surface area contributed by atoms with Gasteiger partial charge >= 0.3 is 0 Å². The number of benzene rings is 2. The molecule has 1 saturated carbocycles. The van der Waals surface area contributed by atoms with Crippen molar-refractivity contribution in [1.82, 2.24) is 9.88 Å². The first-order valence-electron chi connectivity index (χ1n) is 11.7. The number of H-pyrrole nitrogens is 1. The summed E-state index contributed by atoms with van der Waals surface area (Å²) in [6, 6.07) is 14.9. The number of rotatable bonds is 2. The zero-order valence-electron chi connectivity index (χ0n) is 18.7. The van der Waals surface area contributed by atoms with Crippen molar-refractivity contribution < 1.29 is 4.79 Å². The van der Waals surface area contributed by atoms with Gasteiger partial charge in [-0.1, -0.05) is 26.3 Å². The molecule has 3 aromatic rings. The number of ketones is 1. The summed E-state index contributed by atoms with van der Waals surface area (Å²) in [4.78, 5) is 22.2. The minimum atomic E-state index is -0.325. The van der Waals surface area contributed by atoms with Gasteiger partial charge in [-0.15, -0.1) is 0 Å². The monoisotopic (exact) mass is 424 g/mol. The van der Waals surface area contributed by atoms with Crippen molar-refractivity contribution in [2.24, 2.45) is 0 Å².